The van der Waals surface area contributed by atoms with E-state index in [0.29, 0.717) is 23.4 Å². The molecule has 2 aliphatic heterocycles. The lowest BCUT2D eigenvalue weighted by molar-refractivity contribution is -0.143. The molecule has 30 heavy (non-hydrogen) atoms. The Morgan fingerprint density at radius 3 is 2.73 bits per heavy atom. The van der Waals surface area contributed by atoms with Gasteiger partial charge in [0.2, 0.25) is 5.91 Å². The van der Waals surface area contributed by atoms with Crippen LogP contribution in [0.15, 0.2) is 36.1 Å². The molecule has 3 rings (SSSR count). The van der Waals surface area contributed by atoms with E-state index >= 15 is 0 Å². The Bertz CT molecular complexity index is 867. The van der Waals surface area contributed by atoms with Crippen molar-refractivity contribution in [3.63, 3.8) is 0 Å². The van der Waals surface area contributed by atoms with Crippen molar-refractivity contribution in [2.75, 3.05) is 32.6 Å². The average Bonchev–Trinajstić information content (AvgIpc) is 3.01. The maximum Gasteiger partial charge on any atom is 0.337 e. The number of hydrogen-bond donors (Lipinski definition) is 2. The summed E-state index contributed by atoms with van der Waals surface area (Å²) in [5.41, 5.74) is -0.195. The molecule has 0 saturated carbocycles. The number of benzene rings is 1. The molecule has 0 radical (unpaired) electrons. The Balaban J connectivity index is 1.74. The minimum Gasteiger partial charge on any atom is -0.504 e. The molecule has 2 aliphatic rings. The number of hydrogen-bond acceptors (Lipinski definition) is 6. The summed E-state index contributed by atoms with van der Waals surface area (Å²) >= 11 is 0. The standard InChI is InChI=1S/C22H28N2O6/c1-4-14-12-24(19(25)11-15(14)16(13-29-2)20(26)30-3)10-9-22(28)17-7-5-6-8-18(17)23-21(22)27/h5-8,13-15,28H,4,9-12H2,1-3H3,(H,23,27)/b16-13+/t14-,15+,22-/m1/s1. The lowest BCUT2D eigenvalue weighted by atomic mass is 9.78. The van der Waals surface area contributed by atoms with Crippen molar-refractivity contribution < 1.29 is 29.0 Å². The number of piperidine rings is 1. The minimum absolute atomic E-state index is 0.0301. The van der Waals surface area contributed by atoms with Crippen LogP contribution in [0.5, 0.6) is 0 Å². The van der Waals surface area contributed by atoms with Crippen LogP contribution in [-0.4, -0.2) is 55.1 Å². The van der Waals surface area contributed by atoms with E-state index in [4.69, 9.17) is 9.47 Å². The summed E-state index contributed by atoms with van der Waals surface area (Å²) in [5, 5.41) is 13.7. The first-order valence-electron chi connectivity index (χ1n) is 10.1. The van der Waals surface area contributed by atoms with Crippen molar-refractivity contribution in [3.05, 3.63) is 41.7 Å². The highest BCUT2D eigenvalue weighted by molar-refractivity contribution is 6.04. The maximum absolute atomic E-state index is 12.8. The van der Waals surface area contributed by atoms with Gasteiger partial charge >= 0.3 is 5.97 Å². The second-order valence-corrected chi connectivity index (χ2v) is 7.73. The zero-order valence-electron chi connectivity index (χ0n) is 17.5. The molecule has 0 aromatic heterocycles. The smallest absolute Gasteiger partial charge is 0.337 e. The molecule has 1 aromatic carbocycles. The van der Waals surface area contributed by atoms with E-state index < -0.39 is 17.5 Å². The van der Waals surface area contributed by atoms with Crippen LogP contribution in [0.3, 0.4) is 0 Å². The SMILES string of the molecule is CC[C@@H]1CN(CC[C@]2(O)C(=O)Nc3ccccc32)C(=O)C[C@@H]1/C(=C\OC)C(=O)OC. The molecule has 0 spiro atoms. The van der Waals surface area contributed by atoms with Gasteiger partial charge in [0.05, 0.1) is 26.1 Å². The Morgan fingerprint density at radius 1 is 1.33 bits per heavy atom. The maximum atomic E-state index is 12.8. The number of amides is 2. The van der Waals surface area contributed by atoms with Crippen LogP contribution in [0.4, 0.5) is 5.69 Å². The Morgan fingerprint density at radius 2 is 2.07 bits per heavy atom. The van der Waals surface area contributed by atoms with Crippen LogP contribution >= 0.6 is 0 Å². The van der Waals surface area contributed by atoms with E-state index in [1.807, 2.05) is 6.92 Å². The highest BCUT2D eigenvalue weighted by atomic mass is 16.5. The van der Waals surface area contributed by atoms with Crippen LogP contribution in [0.25, 0.3) is 0 Å². The second kappa shape index (κ2) is 8.87. The van der Waals surface area contributed by atoms with Gasteiger partial charge < -0.3 is 24.8 Å². The molecule has 1 aromatic rings. The molecule has 0 bridgehead atoms. The van der Waals surface area contributed by atoms with Crippen molar-refractivity contribution in [2.45, 2.75) is 31.8 Å². The molecule has 1 saturated heterocycles. The number of carbonyl (C=O) groups is 3. The fourth-order valence-electron chi connectivity index (χ4n) is 4.37. The number of fused-ring (bicyclic) bond motifs is 1. The number of aliphatic hydroxyl groups is 1. The molecular weight excluding hydrogens is 388 g/mol. The zero-order valence-corrected chi connectivity index (χ0v) is 17.5. The summed E-state index contributed by atoms with van der Waals surface area (Å²) < 4.78 is 9.90. The normalized spacial score (nSPS) is 26.3. The summed E-state index contributed by atoms with van der Waals surface area (Å²) in [6.07, 6.45) is 2.34. The van der Waals surface area contributed by atoms with Crippen LogP contribution in [0.1, 0.15) is 31.7 Å². The molecule has 0 unspecified atom stereocenters. The average molecular weight is 416 g/mol. The first-order chi connectivity index (χ1) is 14.3. The number of rotatable bonds is 7. The molecular formula is C22H28N2O6. The van der Waals surface area contributed by atoms with Crippen LogP contribution in [0.2, 0.25) is 0 Å². The number of anilines is 1. The third-order valence-corrected chi connectivity index (χ3v) is 6.10. The van der Waals surface area contributed by atoms with E-state index in [-0.39, 0.29) is 37.1 Å². The van der Waals surface area contributed by atoms with Crippen molar-refractivity contribution >= 4 is 23.5 Å². The van der Waals surface area contributed by atoms with E-state index in [1.54, 1.807) is 29.2 Å². The number of nitrogens with one attached hydrogen (secondary N) is 1. The van der Waals surface area contributed by atoms with Gasteiger partial charge in [0, 0.05) is 43.1 Å². The van der Waals surface area contributed by atoms with Crippen molar-refractivity contribution in [3.8, 4) is 0 Å². The van der Waals surface area contributed by atoms with Gasteiger partial charge in [-0.2, -0.15) is 0 Å². The molecule has 8 nitrogen and oxygen atoms in total. The van der Waals surface area contributed by atoms with E-state index in [2.05, 4.69) is 5.32 Å². The highest BCUT2D eigenvalue weighted by Gasteiger charge is 2.46. The monoisotopic (exact) mass is 416 g/mol. The molecule has 1 fully saturated rings. The largest absolute Gasteiger partial charge is 0.504 e. The van der Waals surface area contributed by atoms with Crippen molar-refractivity contribution in [2.24, 2.45) is 11.8 Å². The van der Waals surface area contributed by atoms with Gasteiger partial charge in [-0.3, -0.25) is 9.59 Å². The summed E-state index contributed by atoms with van der Waals surface area (Å²) in [4.78, 5) is 39.1. The summed E-state index contributed by atoms with van der Waals surface area (Å²) in [6.45, 7) is 2.67. The molecule has 3 atom stereocenters. The first-order valence-corrected chi connectivity index (χ1v) is 10.1. The predicted octanol–water partition coefficient (Wildman–Crippen LogP) is 1.79. The van der Waals surface area contributed by atoms with Crippen LogP contribution in [-0.2, 0) is 29.5 Å². The molecule has 2 amide bonds. The van der Waals surface area contributed by atoms with E-state index in [1.165, 1.54) is 20.5 Å². The topological polar surface area (TPSA) is 105 Å². The number of esters is 1. The molecule has 2 N–H and O–H groups in total. The van der Waals surface area contributed by atoms with Crippen molar-refractivity contribution in [1.82, 2.24) is 4.90 Å². The Kier molecular flexibility index (Phi) is 6.45. The number of carbonyl (C=O) groups excluding carboxylic acids is 3. The van der Waals surface area contributed by atoms with E-state index in [0.717, 1.165) is 6.42 Å². The van der Waals surface area contributed by atoms with Gasteiger partial charge in [0.1, 0.15) is 0 Å². The van der Waals surface area contributed by atoms with Crippen LogP contribution < -0.4 is 5.32 Å². The lowest BCUT2D eigenvalue weighted by Crippen LogP contribution is -2.48. The molecule has 162 valence electrons. The van der Waals surface area contributed by atoms with Gasteiger partial charge in [-0.25, -0.2) is 4.79 Å². The third-order valence-electron chi connectivity index (χ3n) is 6.10. The van der Waals surface area contributed by atoms with Crippen molar-refractivity contribution in [1.29, 1.82) is 0 Å². The first kappa shape index (κ1) is 21.8. The van der Waals surface area contributed by atoms with Gasteiger partial charge in [0.15, 0.2) is 5.60 Å². The zero-order chi connectivity index (χ0) is 21.9. The number of methoxy groups -OCH3 is 2. The Labute approximate surface area is 175 Å². The number of para-hydroxylation sites is 1. The predicted molar refractivity (Wildman–Crippen MR) is 109 cm³/mol. The fraction of sp³-hybridized carbons (Fsp3) is 0.500. The quantitative estimate of drug-likeness (QED) is 0.399. The molecule has 2 heterocycles. The van der Waals surface area contributed by atoms with E-state index in [9.17, 15) is 19.5 Å². The summed E-state index contributed by atoms with van der Waals surface area (Å²) in [7, 11) is 2.75. The highest BCUT2D eigenvalue weighted by Crippen LogP contribution is 2.39. The molecule has 0 aliphatic carbocycles. The van der Waals surface area contributed by atoms with Crippen LogP contribution in [0, 0.1) is 11.8 Å². The molecule has 8 heteroatoms. The number of ether oxygens (including phenoxy) is 2. The van der Waals surface area contributed by atoms with Gasteiger partial charge in [-0.05, 0) is 12.0 Å². The number of likely N-dealkylation sites (tertiary alicyclic amines) is 1. The minimum atomic E-state index is -1.66. The Hall–Kier alpha value is -2.87. The lowest BCUT2D eigenvalue weighted by Gasteiger charge is -2.39. The number of nitrogens with zero attached hydrogens (tertiary/aromatic N) is 1. The fourth-order valence-corrected chi connectivity index (χ4v) is 4.37. The van der Waals surface area contributed by atoms with Gasteiger partial charge in [0.25, 0.3) is 5.91 Å². The second-order valence-electron chi connectivity index (χ2n) is 7.73. The van der Waals surface area contributed by atoms with Gasteiger partial charge in [-0.1, -0.05) is 31.5 Å². The third kappa shape index (κ3) is 3.92. The summed E-state index contributed by atoms with van der Waals surface area (Å²) in [5.74, 6) is -1.39. The van der Waals surface area contributed by atoms with Gasteiger partial charge in [-0.15, -0.1) is 0 Å². The summed E-state index contributed by atoms with van der Waals surface area (Å²) in [6, 6.07) is 7.02.